The van der Waals surface area contributed by atoms with Crippen molar-refractivity contribution in [3.05, 3.63) is 0 Å². The van der Waals surface area contributed by atoms with Crippen LogP contribution in [0.3, 0.4) is 0 Å². The molecule has 1 atom stereocenters. The average molecular weight is 407 g/mol. The molecule has 0 aromatic carbocycles. The predicted molar refractivity (Wildman–Crippen MR) is 117 cm³/mol. The van der Waals surface area contributed by atoms with E-state index in [0.29, 0.717) is 24.4 Å². The number of piperidine rings is 2. The molecule has 3 aliphatic rings. The largest absolute Gasteiger partial charge is 0.356 e. The van der Waals surface area contributed by atoms with Crippen LogP contribution in [0.1, 0.15) is 84.0 Å². The molecule has 166 valence electrons. The molecule has 2 saturated heterocycles. The van der Waals surface area contributed by atoms with E-state index in [2.05, 4.69) is 22.5 Å². The van der Waals surface area contributed by atoms with Gasteiger partial charge in [0.2, 0.25) is 5.91 Å². The summed E-state index contributed by atoms with van der Waals surface area (Å²) in [5.41, 5.74) is 0. The molecular weight excluding hydrogens is 364 g/mol. The first-order chi connectivity index (χ1) is 14.1. The van der Waals surface area contributed by atoms with Crippen LogP contribution in [-0.2, 0) is 4.79 Å². The van der Waals surface area contributed by atoms with Crippen LogP contribution in [0.4, 0.5) is 4.79 Å². The van der Waals surface area contributed by atoms with E-state index in [1.807, 2.05) is 4.90 Å². The molecule has 2 aliphatic heterocycles. The van der Waals surface area contributed by atoms with Crippen LogP contribution in [0.5, 0.6) is 0 Å². The van der Waals surface area contributed by atoms with E-state index >= 15 is 0 Å². The molecule has 3 rings (SSSR count). The number of carbonyl (C=O) groups excluding carboxylic acids is 2. The Kier molecular flexibility index (Phi) is 9.09. The topological polar surface area (TPSA) is 64.7 Å². The number of hydrogen-bond donors (Lipinski definition) is 2. The first kappa shape index (κ1) is 22.4. The molecule has 2 N–H and O–H groups in total. The lowest BCUT2D eigenvalue weighted by atomic mass is 9.93. The van der Waals surface area contributed by atoms with E-state index < -0.39 is 0 Å². The van der Waals surface area contributed by atoms with E-state index in [4.69, 9.17) is 0 Å². The summed E-state index contributed by atoms with van der Waals surface area (Å²) in [6.45, 7) is 6.97. The summed E-state index contributed by atoms with van der Waals surface area (Å²) in [5, 5.41) is 6.33. The third-order valence-corrected chi connectivity index (χ3v) is 7.19. The van der Waals surface area contributed by atoms with Gasteiger partial charge in [0.05, 0.1) is 0 Å². The highest BCUT2D eigenvalue weighted by Crippen LogP contribution is 2.22. The lowest BCUT2D eigenvalue weighted by Crippen LogP contribution is -2.48. The molecule has 0 aromatic rings. The summed E-state index contributed by atoms with van der Waals surface area (Å²) in [6, 6.07) is 1.17. The maximum absolute atomic E-state index is 12.5. The molecule has 3 amide bonds. The van der Waals surface area contributed by atoms with Crippen molar-refractivity contribution in [3.63, 3.8) is 0 Å². The van der Waals surface area contributed by atoms with Crippen molar-refractivity contribution in [3.8, 4) is 0 Å². The number of rotatable bonds is 7. The summed E-state index contributed by atoms with van der Waals surface area (Å²) in [4.78, 5) is 29.2. The van der Waals surface area contributed by atoms with Gasteiger partial charge in [0.1, 0.15) is 0 Å². The van der Waals surface area contributed by atoms with E-state index in [-0.39, 0.29) is 11.9 Å². The van der Waals surface area contributed by atoms with Crippen LogP contribution in [0, 0.1) is 5.92 Å². The molecule has 0 bridgehead atoms. The van der Waals surface area contributed by atoms with Crippen molar-refractivity contribution in [1.82, 2.24) is 20.4 Å². The van der Waals surface area contributed by atoms with Crippen LogP contribution >= 0.6 is 0 Å². The van der Waals surface area contributed by atoms with E-state index in [1.165, 1.54) is 45.1 Å². The van der Waals surface area contributed by atoms with Crippen LogP contribution in [0.2, 0.25) is 0 Å². The zero-order valence-electron chi connectivity index (χ0n) is 18.5. The fraction of sp³-hybridized carbons (Fsp3) is 0.913. The molecule has 0 unspecified atom stereocenters. The number of hydrogen-bond acceptors (Lipinski definition) is 3. The Morgan fingerprint density at radius 1 is 0.897 bits per heavy atom. The predicted octanol–water partition coefficient (Wildman–Crippen LogP) is 3.51. The highest BCUT2D eigenvalue weighted by Gasteiger charge is 2.26. The molecule has 6 nitrogen and oxygen atoms in total. The molecule has 29 heavy (non-hydrogen) atoms. The van der Waals surface area contributed by atoms with Gasteiger partial charge in [-0.05, 0) is 64.3 Å². The maximum atomic E-state index is 12.5. The standard InChI is InChI=1S/C23H42N4O2/c1-19-8-5-6-14-26(19)15-7-13-24-22(28)18-20-11-16-27(17-12-20)23(29)25-21-9-3-2-4-10-21/h19-21H,2-18H2,1H3,(H,24,28)(H,25,29)/t19-/m1/s1. The molecule has 1 aliphatic carbocycles. The van der Waals surface area contributed by atoms with Crippen LogP contribution in [0.25, 0.3) is 0 Å². The van der Waals surface area contributed by atoms with Gasteiger partial charge in [0.15, 0.2) is 0 Å². The Balaban J connectivity index is 1.25. The highest BCUT2D eigenvalue weighted by molar-refractivity contribution is 5.76. The summed E-state index contributed by atoms with van der Waals surface area (Å²) in [6.07, 6.45) is 13.5. The summed E-state index contributed by atoms with van der Waals surface area (Å²) >= 11 is 0. The number of nitrogens with zero attached hydrogens (tertiary/aromatic N) is 2. The molecule has 0 spiro atoms. The van der Waals surface area contributed by atoms with Gasteiger partial charge >= 0.3 is 6.03 Å². The fourth-order valence-corrected chi connectivity index (χ4v) is 5.19. The zero-order chi connectivity index (χ0) is 20.5. The summed E-state index contributed by atoms with van der Waals surface area (Å²) in [5.74, 6) is 0.595. The lowest BCUT2D eigenvalue weighted by molar-refractivity contribution is -0.122. The van der Waals surface area contributed by atoms with Crippen molar-refractivity contribution in [2.24, 2.45) is 5.92 Å². The quantitative estimate of drug-likeness (QED) is 0.636. The maximum Gasteiger partial charge on any atom is 0.317 e. The second-order valence-corrected chi connectivity index (χ2v) is 9.50. The van der Waals surface area contributed by atoms with Gasteiger partial charge in [-0.15, -0.1) is 0 Å². The first-order valence-electron chi connectivity index (χ1n) is 12.2. The third-order valence-electron chi connectivity index (χ3n) is 7.19. The monoisotopic (exact) mass is 406 g/mol. The van der Waals surface area contributed by atoms with Crippen molar-refractivity contribution >= 4 is 11.9 Å². The molecule has 6 heteroatoms. The van der Waals surface area contributed by atoms with E-state index in [0.717, 1.165) is 58.3 Å². The third kappa shape index (κ3) is 7.47. The number of likely N-dealkylation sites (tertiary alicyclic amines) is 2. The lowest BCUT2D eigenvalue weighted by Gasteiger charge is -2.34. The Labute approximate surface area is 177 Å². The smallest absolute Gasteiger partial charge is 0.317 e. The molecule has 0 radical (unpaired) electrons. The average Bonchev–Trinajstić information content (AvgIpc) is 2.73. The SMILES string of the molecule is C[C@@H]1CCCCN1CCCNC(=O)CC1CCN(C(=O)NC2CCCCC2)CC1. The van der Waals surface area contributed by atoms with Crippen molar-refractivity contribution < 1.29 is 9.59 Å². The molecular formula is C23H42N4O2. The number of amides is 3. The van der Waals surface area contributed by atoms with Crippen molar-refractivity contribution in [1.29, 1.82) is 0 Å². The fourth-order valence-electron chi connectivity index (χ4n) is 5.19. The van der Waals surface area contributed by atoms with Crippen LogP contribution in [-0.4, -0.2) is 66.5 Å². The van der Waals surface area contributed by atoms with Gasteiger partial charge < -0.3 is 20.4 Å². The molecule has 3 fully saturated rings. The Hall–Kier alpha value is -1.30. The molecule has 0 aromatic heterocycles. The normalized spacial score (nSPS) is 25.0. The Morgan fingerprint density at radius 2 is 1.62 bits per heavy atom. The minimum absolute atomic E-state index is 0.103. The van der Waals surface area contributed by atoms with Gasteiger partial charge in [-0.1, -0.05) is 25.7 Å². The second-order valence-electron chi connectivity index (χ2n) is 9.50. The van der Waals surface area contributed by atoms with Gasteiger partial charge in [-0.2, -0.15) is 0 Å². The minimum Gasteiger partial charge on any atom is -0.356 e. The van der Waals surface area contributed by atoms with Gasteiger partial charge in [0, 0.05) is 44.7 Å². The van der Waals surface area contributed by atoms with Gasteiger partial charge in [-0.3, -0.25) is 4.79 Å². The Bertz CT molecular complexity index is 513. The van der Waals surface area contributed by atoms with E-state index in [9.17, 15) is 9.59 Å². The van der Waals surface area contributed by atoms with Crippen LogP contribution < -0.4 is 10.6 Å². The zero-order valence-corrected chi connectivity index (χ0v) is 18.5. The Morgan fingerprint density at radius 3 is 2.34 bits per heavy atom. The number of nitrogens with one attached hydrogen (secondary N) is 2. The first-order valence-corrected chi connectivity index (χ1v) is 12.2. The number of urea groups is 1. The second kappa shape index (κ2) is 11.8. The van der Waals surface area contributed by atoms with Crippen LogP contribution in [0.15, 0.2) is 0 Å². The molecule has 2 heterocycles. The number of carbonyl (C=O) groups is 2. The van der Waals surface area contributed by atoms with Crippen molar-refractivity contribution in [2.75, 3.05) is 32.7 Å². The minimum atomic E-state index is 0.103. The highest BCUT2D eigenvalue weighted by atomic mass is 16.2. The molecule has 1 saturated carbocycles. The van der Waals surface area contributed by atoms with E-state index in [1.54, 1.807) is 0 Å². The van der Waals surface area contributed by atoms with Gasteiger partial charge in [-0.25, -0.2) is 4.79 Å². The summed E-state index contributed by atoms with van der Waals surface area (Å²) in [7, 11) is 0. The van der Waals surface area contributed by atoms with Crippen molar-refractivity contribution in [2.45, 2.75) is 96.1 Å². The summed E-state index contributed by atoms with van der Waals surface area (Å²) < 4.78 is 0. The van der Waals surface area contributed by atoms with Gasteiger partial charge in [0.25, 0.3) is 0 Å².